The number of aromatic nitrogens is 1. The van der Waals surface area contributed by atoms with Gasteiger partial charge in [0.15, 0.2) is 0 Å². The summed E-state index contributed by atoms with van der Waals surface area (Å²) >= 11 is 0. The molecule has 0 bridgehead atoms. The van der Waals surface area contributed by atoms with Gasteiger partial charge in [0.05, 0.1) is 18.7 Å². The van der Waals surface area contributed by atoms with Crippen LogP contribution in [0.5, 0.6) is 0 Å². The highest BCUT2D eigenvalue weighted by Crippen LogP contribution is 2.08. The molecule has 19 heavy (non-hydrogen) atoms. The summed E-state index contributed by atoms with van der Waals surface area (Å²) in [5.74, 6) is 5.48. The minimum atomic E-state index is -0.457. The maximum atomic E-state index is 11.4. The first-order chi connectivity index (χ1) is 8.90. The first-order valence-corrected chi connectivity index (χ1v) is 6.18. The van der Waals surface area contributed by atoms with Crippen molar-refractivity contribution < 1.29 is 14.6 Å². The van der Waals surface area contributed by atoms with Gasteiger partial charge in [-0.3, -0.25) is 4.79 Å². The molecule has 0 aliphatic carbocycles. The molecule has 0 radical (unpaired) electrons. The van der Waals surface area contributed by atoms with Crippen LogP contribution < -0.4 is 0 Å². The molecule has 0 aliphatic rings. The van der Waals surface area contributed by atoms with E-state index in [2.05, 4.69) is 16.8 Å². The zero-order chi connectivity index (χ0) is 14.3. The fourth-order valence-corrected chi connectivity index (χ4v) is 1.35. The minimum Gasteiger partial charge on any atom is -0.460 e. The van der Waals surface area contributed by atoms with E-state index < -0.39 is 5.60 Å². The molecular weight excluding hydrogens is 242 g/mol. The van der Waals surface area contributed by atoms with E-state index in [0.29, 0.717) is 17.8 Å². The number of rotatable bonds is 3. The van der Waals surface area contributed by atoms with Gasteiger partial charge in [0.25, 0.3) is 0 Å². The third kappa shape index (κ3) is 6.58. The van der Waals surface area contributed by atoms with Crippen molar-refractivity contribution in [3.8, 4) is 11.8 Å². The molecule has 0 unspecified atom stereocenters. The van der Waals surface area contributed by atoms with Crippen molar-refractivity contribution >= 4 is 5.97 Å². The van der Waals surface area contributed by atoms with E-state index in [4.69, 9.17) is 9.84 Å². The van der Waals surface area contributed by atoms with Gasteiger partial charge in [-0.25, -0.2) is 4.98 Å². The highest BCUT2D eigenvalue weighted by atomic mass is 16.6. The lowest BCUT2D eigenvalue weighted by Gasteiger charge is -2.18. The summed E-state index contributed by atoms with van der Waals surface area (Å²) in [5.41, 5.74) is 0.719. The number of nitrogens with zero attached hydrogens (tertiary/aromatic N) is 1. The van der Waals surface area contributed by atoms with Gasteiger partial charge in [0.2, 0.25) is 0 Å². The molecule has 0 atom stereocenters. The largest absolute Gasteiger partial charge is 0.460 e. The van der Waals surface area contributed by atoms with Crippen LogP contribution in [-0.4, -0.2) is 21.7 Å². The van der Waals surface area contributed by atoms with Crippen LogP contribution in [0.3, 0.4) is 0 Å². The Morgan fingerprint density at radius 2 is 2.16 bits per heavy atom. The summed E-state index contributed by atoms with van der Waals surface area (Å²) in [5, 5.41) is 8.94. The van der Waals surface area contributed by atoms with Gasteiger partial charge < -0.3 is 9.84 Å². The summed E-state index contributed by atoms with van der Waals surface area (Å²) in [7, 11) is 0. The SMILES string of the molecule is CC(C)(C)OC(=O)CCC#Cc1cccc(CO)n1. The van der Waals surface area contributed by atoms with Crippen LogP contribution in [0.25, 0.3) is 0 Å². The van der Waals surface area contributed by atoms with Crippen molar-refractivity contribution in [3.63, 3.8) is 0 Å². The molecule has 0 spiro atoms. The average Bonchev–Trinajstić information content (AvgIpc) is 2.33. The van der Waals surface area contributed by atoms with Crippen LogP contribution in [0.2, 0.25) is 0 Å². The lowest BCUT2D eigenvalue weighted by atomic mass is 10.2. The maximum Gasteiger partial charge on any atom is 0.307 e. The van der Waals surface area contributed by atoms with Crippen LogP contribution in [0.15, 0.2) is 18.2 Å². The fourth-order valence-electron chi connectivity index (χ4n) is 1.35. The second kappa shape index (κ2) is 6.91. The summed E-state index contributed by atoms with van der Waals surface area (Å²) in [6.45, 7) is 5.40. The quantitative estimate of drug-likeness (QED) is 0.668. The Morgan fingerprint density at radius 1 is 1.42 bits per heavy atom. The Labute approximate surface area is 113 Å². The van der Waals surface area contributed by atoms with Gasteiger partial charge in [0.1, 0.15) is 11.3 Å². The second-order valence-electron chi connectivity index (χ2n) is 5.06. The predicted octanol–water partition coefficient (Wildman–Crippen LogP) is 2.05. The van der Waals surface area contributed by atoms with Crippen molar-refractivity contribution in [1.82, 2.24) is 4.98 Å². The summed E-state index contributed by atoms with van der Waals surface area (Å²) in [4.78, 5) is 15.6. The van der Waals surface area contributed by atoms with E-state index in [0.717, 1.165) is 0 Å². The second-order valence-corrected chi connectivity index (χ2v) is 5.06. The normalized spacial score (nSPS) is 10.5. The number of aliphatic hydroxyl groups excluding tert-OH is 1. The number of carbonyl (C=O) groups excluding carboxylic acids is 1. The molecule has 0 amide bonds. The lowest BCUT2D eigenvalue weighted by Crippen LogP contribution is -2.23. The predicted molar refractivity (Wildman–Crippen MR) is 72.1 cm³/mol. The zero-order valence-corrected chi connectivity index (χ0v) is 11.6. The van der Waals surface area contributed by atoms with Crippen LogP contribution in [0.4, 0.5) is 0 Å². The third-order valence-electron chi connectivity index (χ3n) is 2.06. The van der Waals surface area contributed by atoms with E-state index >= 15 is 0 Å². The first kappa shape index (κ1) is 15.2. The molecule has 0 saturated heterocycles. The van der Waals surface area contributed by atoms with Crippen molar-refractivity contribution in [2.75, 3.05) is 0 Å². The topological polar surface area (TPSA) is 59.4 Å². The molecule has 102 valence electrons. The molecule has 1 heterocycles. The van der Waals surface area contributed by atoms with Crippen molar-refractivity contribution in [2.24, 2.45) is 0 Å². The summed E-state index contributed by atoms with van der Waals surface area (Å²) in [6.07, 6.45) is 0.698. The highest BCUT2D eigenvalue weighted by Gasteiger charge is 2.15. The molecule has 1 aromatic rings. The number of hydrogen-bond donors (Lipinski definition) is 1. The molecule has 0 aromatic carbocycles. The molecule has 0 aliphatic heterocycles. The van der Waals surface area contributed by atoms with Gasteiger partial charge >= 0.3 is 5.97 Å². The average molecular weight is 261 g/mol. The number of esters is 1. The Balaban J connectivity index is 2.45. The third-order valence-corrected chi connectivity index (χ3v) is 2.06. The monoisotopic (exact) mass is 261 g/mol. The number of pyridine rings is 1. The van der Waals surface area contributed by atoms with Crippen LogP contribution in [0, 0.1) is 11.8 Å². The van der Waals surface area contributed by atoms with Gasteiger partial charge in [-0.15, -0.1) is 0 Å². The summed E-state index contributed by atoms with van der Waals surface area (Å²) < 4.78 is 5.17. The Kier molecular flexibility index (Phi) is 5.53. The van der Waals surface area contributed by atoms with Gasteiger partial charge in [-0.1, -0.05) is 12.0 Å². The van der Waals surface area contributed by atoms with E-state index in [1.165, 1.54) is 0 Å². The van der Waals surface area contributed by atoms with E-state index in [1.54, 1.807) is 18.2 Å². The smallest absolute Gasteiger partial charge is 0.307 e. The molecule has 4 heteroatoms. The molecule has 1 aromatic heterocycles. The van der Waals surface area contributed by atoms with Crippen molar-refractivity contribution in [1.29, 1.82) is 0 Å². The van der Waals surface area contributed by atoms with Crippen LogP contribution >= 0.6 is 0 Å². The first-order valence-electron chi connectivity index (χ1n) is 6.18. The Bertz CT molecular complexity index is 492. The molecular formula is C15H19NO3. The van der Waals surface area contributed by atoms with Crippen LogP contribution in [0.1, 0.15) is 45.0 Å². The molecule has 1 rings (SSSR count). The lowest BCUT2D eigenvalue weighted by molar-refractivity contribution is -0.154. The van der Waals surface area contributed by atoms with Gasteiger partial charge in [0, 0.05) is 6.42 Å². The van der Waals surface area contributed by atoms with Gasteiger partial charge in [-0.05, 0) is 38.8 Å². The van der Waals surface area contributed by atoms with E-state index in [-0.39, 0.29) is 19.0 Å². The van der Waals surface area contributed by atoms with Crippen LogP contribution in [-0.2, 0) is 16.1 Å². The number of hydrogen-bond acceptors (Lipinski definition) is 4. The molecule has 4 nitrogen and oxygen atoms in total. The number of ether oxygens (including phenoxy) is 1. The number of aliphatic hydroxyl groups is 1. The zero-order valence-electron chi connectivity index (χ0n) is 11.6. The van der Waals surface area contributed by atoms with E-state index in [9.17, 15) is 4.79 Å². The van der Waals surface area contributed by atoms with Crippen molar-refractivity contribution in [2.45, 2.75) is 45.8 Å². The Hall–Kier alpha value is -1.86. The number of carbonyl (C=O) groups is 1. The van der Waals surface area contributed by atoms with Crippen molar-refractivity contribution in [3.05, 3.63) is 29.6 Å². The van der Waals surface area contributed by atoms with Gasteiger partial charge in [-0.2, -0.15) is 0 Å². The standard InChI is InChI=1S/C15H19NO3/c1-15(2,3)19-14(18)10-5-4-7-12-8-6-9-13(11-17)16-12/h6,8-9,17H,5,10-11H2,1-3H3. The van der Waals surface area contributed by atoms with E-state index in [1.807, 2.05) is 20.8 Å². The maximum absolute atomic E-state index is 11.4. The summed E-state index contributed by atoms with van der Waals surface area (Å²) in [6, 6.07) is 5.28. The fraction of sp³-hybridized carbons (Fsp3) is 0.467. The molecule has 1 N–H and O–H groups in total. The highest BCUT2D eigenvalue weighted by molar-refractivity contribution is 5.70. The minimum absolute atomic E-state index is 0.104. The molecule has 0 fully saturated rings. The Morgan fingerprint density at radius 3 is 2.79 bits per heavy atom. The molecule has 0 saturated carbocycles.